The molecule has 2 atom stereocenters. The van der Waals surface area contributed by atoms with E-state index < -0.39 is 15.3 Å². The van der Waals surface area contributed by atoms with Crippen LogP contribution in [0, 0.1) is 0 Å². The minimum Gasteiger partial charge on any atom is -0.491 e. The van der Waals surface area contributed by atoms with Crippen molar-refractivity contribution >= 4 is 27.2 Å². The Morgan fingerprint density at radius 3 is 2.89 bits per heavy atom. The normalized spacial score (nSPS) is 19.9. The third kappa shape index (κ3) is 2.47. The molecule has 2 unspecified atom stereocenters. The number of hydrogen-bond acceptors (Lipinski definition) is 4. The molecule has 0 aromatic heterocycles. The molecule has 0 amide bonds. The number of nitrogens with two attached hydrogens (primary N) is 1. The smallest absolute Gasteiger partial charge is 0.221 e. The molecule has 1 aromatic rings. The molecule has 1 aromatic carbocycles. The van der Waals surface area contributed by atoms with E-state index in [-0.39, 0.29) is 17.6 Å². The number of fused-ring (bicyclic) bond motifs is 1. The fourth-order valence-electron chi connectivity index (χ4n) is 1.71. The van der Waals surface area contributed by atoms with E-state index in [1.807, 2.05) is 18.2 Å². The Labute approximate surface area is 111 Å². The van der Waals surface area contributed by atoms with Crippen molar-refractivity contribution in [2.45, 2.75) is 18.2 Å². The first-order valence-corrected chi connectivity index (χ1v) is 7.39. The van der Waals surface area contributed by atoms with Crippen molar-refractivity contribution in [1.82, 2.24) is 4.72 Å². The molecule has 7 heteroatoms. The lowest BCUT2D eigenvalue weighted by atomic mass is 10.1. The van der Waals surface area contributed by atoms with Gasteiger partial charge in [0, 0.05) is 5.56 Å². The van der Waals surface area contributed by atoms with E-state index >= 15 is 0 Å². The molecule has 98 valence electrons. The quantitative estimate of drug-likeness (QED) is 0.797. The van der Waals surface area contributed by atoms with Gasteiger partial charge in [0.05, 0.1) is 11.0 Å². The maximum atomic E-state index is 12.0. The van der Waals surface area contributed by atoms with Crippen molar-refractivity contribution < 1.29 is 13.2 Å². The molecule has 18 heavy (non-hydrogen) atoms. The molecule has 0 radical (unpaired) electrons. The summed E-state index contributed by atoms with van der Waals surface area (Å²) in [5, 5.41) is -0.903. The Kier molecular flexibility index (Phi) is 3.56. The first-order valence-electron chi connectivity index (χ1n) is 5.44. The van der Waals surface area contributed by atoms with Crippen LogP contribution in [0.2, 0.25) is 0 Å². The predicted octanol–water partition coefficient (Wildman–Crippen LogP) is 0.714. The predicted molar refractivity (Wildman–Crippen MR) is 73.0 cm³/mol. The number of rotatable bonds is 4. The summed E-state index contributed by atoms with van der Waals surface area (Å²) in [4.78, 5) is -0.0466. The molecule has 1 heterocycles. The molecule has 5 nitrogen and oxygen atoms in total. The van der Waals surface area contributed by atoms with Crippen LogP contribution >= 0.6 is 12.2 Å². The lowest BCUT2D eigenvalue weighted by Crippen LogP contribution is -2.41. The standard InChI is InChI=1S/C11H14N2O3S2/c1-7(11(12)17)18(14,15)13-9-6-16-10-5-3-2-4-8(9)10/h2-5,7,9,13H,6H2,1H3,(H2,12,17). The second-order valence-electron chi connectivity index (χ2n) is 4.11. The molecule has 1 aliphatic heterocycles. The number of hydrogen-bond donors (Lipinski definition) is 2. The van der Waals surface area contributed by atoms with Crippen LogP contribution in [0.15, 0.2) is 24.3 Å². The highest BCUT2D eigenvalue weighted by molar-refractivity contribution is 7.93. The van der Waals surface area contributed by atoms with Crippen LogP contribution in [0.4, 0.5) is 0 Å². The molecule has 0 bridgehead atoms. The van der Waals surface area contributed by atoms with Gasteiger partial charge in [-0.2, -0.15) is 0 Å². The summed E-state index contributed by atoms with van der Waals surface area (Å²) in [7, 11) is -3.58. The van der Waals surface area contributed by atoms with Gasteiger partial charge in [0.1, 0.15) is 17.6 Å². The van der Waals surface area contributed by atoms with Crippen LogP contribution in [0.25, 0.3) is 0 Å². The zero-order valence-electron chi connectivity index (χ0n) is 9.79. The van der Waals surface area contributed by atoms with Gasteiger partial charge in [-0.15, -0.1) is 0 Å². The lowest BCUT2D eigenvalue weighted by Gasteiger charge is -2.16. The van der Waals surface area contributed by atoms with E-state index in [4.69, 9.17) is 22.7 Å². The van der Waals surface area contributed by atoms with Gasteiger partial charge >= 0.3 is 0 Å². The van der Waals surface area contributed by atoms with E-state index in [0.717, 1.165) is 5.56 Å². The van der Waals surface area contributed by atoms with Gasteiger partial charge < -0.3 is 10.5 Å². The SMILES string of the molecule is CC(C(N)=S)S(=O)(=O)NC1COc2ccccc21. The molecule has 0 saturated heterocycles. The molecule has 0 spiro atoms. The number of benzene rings is 1. The number of nitrogens with one attached hydrogen (secondary N) is 1. The zero-order valence-corrected chi connectivity index (χ0v) is 11.4. The van der Waals surface area contributed by atoms with Crippen LogP contribution in [0.5, 0.6) is 5.75 Å². The Hall–Kier alpha value is -1.18. The minimum absolute atomic E-state index is 0.0466. The number of sulfonamides is 1. The average molecular weight is 286 g/mol. The second-order valence-corrected chi connectivity index (χ2v) is 6.61. The maximum absolute atomic E-state index is 12.0. The van der Waals surface area contributed by atoms with Gasteiger partial charge in [0.2, 0.25) is 10.0 Å². The van der Waals surface area contributed by atoms with Crippen LogP contribution in [0.1, 0.15) is 18.5 Å². The average Bonchev–Trinajstić information content (AvgIpc) is 2.71. The highest BCUT2D eigenvalue weighted by Gasteiger charge is 2.31. The van der Waals surface area contributed by atoms with Crippen molar-refractivity contribution in [2.75, 3.05) is 6.61 Å². The van der Waals surface area contributed by atoms with Gasteiger partial charge in [-0.05, 0) is 13.0 Å². The molecule has 1 aliphatic rings. The monoisotopic (exact) mass is 286 g/mol. The van der Waals surface area contributed by atoms with E-state index in [2.05, 4.69) is 4.72 Å². The fourth-order valence-corrected chi connectivity index (χ4v) is 3.20. The van der Waals surface area contributed by atoms with E-state index in [0.29, 0.717) is 5.75 Å². The number of ether oxygens (including phenoxy) is 1. The van der Waals surface area contributed by atoms with Gasteiger partial charge in [-0.1, -0.05) is 30.4 Å². The molecule has 0 fully saturated rings. The van der Waals surface area contributed by atoms with E-state index in [9.17, 15) is 8.42 Å². The van der Waals surface area contributed by atoms with Crippen LogP contribution in [-0.4, -0.2) is 25.3 Å². The van der Waals surface area contributed by atoms with Gasteiger partial charge in [-0.3, -0.25) is 0 Å². The Balaban J connectivity index is 2.20. The van der Waals surface area contributed by atoms with Gasteiger partial charge in [0.25, 0.3) is 0 Å². The summed E-state index contributed by atoms with van der Waals surface area (Å²) < 4.78 is 32.0. The molecule has 0 saturated carbocycles. The van der Waals surface area contributed by atoms with E-state index in [1.165, 1.54) is 6.92 Å². The number of para-hydroxylation sites is 1. The third-order valence-electron chi connectivity index (χ3n) is 2.87. The van der Waals surface area contributed by atoms with Gasteiger partial charge in [0.15, 0.2) is 0 Å². The Morgan fingerprint density at radius 2 is 2.22 bits per heavy atom. The lowest BCUT2D eigenvalue weighted by molar-refractivity contribution is 0.325. The summed E-state index contributed by atoms with van der Waals surface area (Å²) >= 11 is 4.71. The summed E-state index contributed by atoms with van der Waals surface area (Å²) in [5.74, 6) is 0.702. The Bertz CT molecular complexity index is 571. The van der Waals surface area contributed by atoms with Crippen molar-refractivity contribution in [3.8, 4) is 5.75 Å². The summed E-state index contributed by atoms with van der Waals surface area (Å²) in [6.45, 7) is 1.75. The Morgan fingerprint density at radius 1 is 1.56 bits per heavy atom. The maximum Gasteiger partial charge on any atom is 0.221 e. The van der Waals surface area contributed by atoms with Crippen LogP contribution in [0.3, 0.4) is 0 Å². The van der Waals surface area contributed by atoms with Gasteiger partial charge in [-0.25, -0.2) is 13.1 Å². The second kappa shape index (κ2) is 4.83. The highest BCUT2D eigenvalue weighted by atomic mass is 32.2. The summed E-state index contributed by atoms with van der Waals surface area (Å²) in [6.07, 6.45) is 0. The van der Waals surface area contributed by atoms with Crippen LogP contribution in [-0.2, 0) is 10.0 Å². The molecular formula is C11H14N2O3S2. The minimum atomic E-state index is -3.58. The zero-order chi connectivity index (χ0) is 13.3. The largest absolute Gasteiger partial charge is 0.491 e. The molecule has 0 aliphatic carbocycles. The molecule has 2 rings (SSSR count). The highest BCUT2D eigenvalue weighted by Crippen LogP contribution is 2.32. The first kappa shape index (κ1) is 13.3. The third-order valence-corrected chi connectivity index (χ3v) is 5.17. The molecular weight excluding hydrogens is 272 g/mol. The fraction of sp³-hybridized carbons (Fsp3) is 0.364. The summed E-state index contributed by atoms with van der Waals surface area (Å²) in [5.41, 5.74) is 6.20. The van der Waals surface area contributed by atoms with Crippen molar-refractivity contribution in [3.63, 3.8) is 0 Å². The first-order chi connectivity index (χ1) is 8.42. The summed E-state index contributed by atoms with van der Waals surface area (Å²) in [6, 6.07) is 6.93. The number of thiocarbonyl (C=S) groups is 1. The van der Waals surface area contributed by atoms with Crippen LogP contribution < -0.4 is 15.2 Å². The van der Waals surface area contributed by atoms with E-state index in [1.54, 1.807) is 6.07 Å². The molecule has 3 N–H and O–H groups in total. The van der Waals surface area contributed by atoms with Crippen molar-refractivity contribution in [1.29, 1.82) is 0 Å². The topological polar surface area (TPSA) is 81.4 Å². The van der Waals surface area contributed by atoms with Crippen molar-refractivity contribution in [3.05, 3.63) is 29.8 Å². The van der Waals surface area contributed by atoms with Crippen molar-refractivity contribution in [2.24, 2.45) is 5.73 Å².